The van der Waals surface area contributed by atoms with E-state index in [9.17, 15) is 24.3 Å². The number of nitrogens with one attached hydrogen (secondary N) is 2. The number of aliphatic hydroxyl groups excluding tert-OH is 1. The Bertz CT molecular complexity index is 1270. The summed E-state index contributed by atoms with van der Waals surface area (Å²) < 4.78 is 0. The van der Waals surface area contributed by atoms with Crippen molar-refractivity contribution in [1.29, 1.82) is 0 Å². The maximum Gasteiger partial charge on any atom is 0.249 e. The van der Waals surface area contributed by atoms with Crippen LogP contribution in [-0.2, 0) is 25.6 Å². The third kappa shape index (κ3) is 10.1. The normalized spacial score (nSPS) is 21.2. The summed E-state index contributed by atoms with van der Waals surface area (Å²) in [4.78, 5) is 60.5. The number of rotatable bonds is 13. The van der Waals surface area contributed by atoms with Gasteiger partial charge in [-0.15, -0.1) is 0 Å². The Morgan fingerprint density at radius 1 is 0.938 bits per heavy atom. The van der Waals surface area contributed by atoms with Gasteiger partial charge in [-0.05, 0) is 76.3 Å². The van der Waals surface area contributed by atoms with Crippen LogP contribution in [0.2, 0.25) is 0 Å². The molecule has 1 aromatic carbocycles. The van der Waals surface area contributed by atoms with E-state index in [2.05, 4.69) is 29.4 Å². The molecule has 0 aliphatic carbocycles. The van der Waals surface area contributed by atoms with Gasteiger partial charge in [0.2, 0.25) is 23.6 Å². The van der Waals surface area contributed by atoms with E-state index >= 15 is 0 Å². The molecule has 2 saturated heterocycles. The van der Waals surface area contributed by atoms with Gasteiger partial charge in [0.05, 0.1) is 24.7 Å². The number of piperidine rings is 1. The fourth-order valence-corrected chi connectivity index (χ4v) is 7.04. The third-order valence-corrected chi connectivity index (χ3v) is 9.85. The van der Waals surface area contributed by atoms with Crippen molar-refractivity contribution >= 4 is 23.6 Å². The van der Waals surface area contributed by atoms with Gasteiger partial charge in [0.25, 0.3) is 0 Å². The molecule has 3 N–H and O–H groups in total. The molecular weight excluding hydrogens is 606 g/mol. The molecule has 2 fully saturated rings. The maximum atomic E-state index is 14.2. The van der Waals surface area contributed by atoms with Gasteiger partial charge in [-0.25, -0.2) is 0 Å². The summed E-state index contributed by atoms with van der Waals surface area (Å²) >= 11 is 0. The van der Waals surface area contributed by atoms with Crippen LogP contribution in [0.25, 0.3) is 0 Å². The summed E-state index contributed by atoms with van der Waals surface area (Å²) in [6.07, 6.45) is 6.38. The minimum atomic E-state index is -0.751. The van der Waals surface area contributed by atoms with Crippen molar-refractivity contribution < 1.29 is 24.3 Å². The van der Waals surface area contributed by atoms with Gasteiger partial charge in [-0.3, -0.25) is 24.1 Å². The van der Waals surface area contributed by atoms with Crippen molar-refractivity contribution in [2.75, 3.05) is 26.7 Å². The Hall–Kier alpha value is -3.24. The third-order valence-electron chi connectivity index (χ3n) is 9.85. The highest BCUT2D eigenvalue weighted by molar-refractivity contribution is 5.97. The molecule has 2 aliphatic rings. The number of likely N-dealkylation sites (tertiary alicyclic amines) is 2. The lowest BCUT2D eigenvalue weighted by Gasteiger charge is -2.41. The number of hydrogen-bond donors (Lipinski definition) is 3. The molecule has 0 bridgehead atoms. The van der Waals surface area contributed by atoms with Crippen molar-refractivity contribution in [2.45, 2.75) is 130 Å². The van der Waals surface area contributed by atoms with E-state index in [0.717, 1.165) is 31.4 Å². The fourth-order valence-electron chi connectivity index (χ4n) is 7.04. The summed E-state index contributed by atoms with van der Waals surface area (Å²) in [5.74, 6) is -0.846. The monoisotopic (exact) mass is 667 g/mol. The quantitative estimate of drug-likeness (QED) is 0.274. The number of hydrogen-bond acceptors (Lipinski definition) is 6. The van der Waals surface area contributed by atoms with E-state index in [0.29, 0.717) is 31.4 Å². The lowest BCUT2D eigenvalue weighted by atomic mass is 9.84. The summed E-state index contributed by atoms with van der Waals surface area (Å²) in [5.41, 5.74) is 0.924. The van der Waals surface area contributed by atoms with Crippen molar-refractivity contribution in [3.63, 3.8) is 0 Å². The molecule has 1 unspecified atom stereocenters. The molecule has 4 amide bonds. The van der Waals surface area contributed by atoms with E-state index in [1.807, 2.05) is 71.0 Å². The van der Waals surface area contributed by atoms with Crippen molar-refractivity contribution in [3.05, 3.63) is 47.5 Å². The van der Waals surface area contributed by atoms with Gasteiger partial charge in [0.1, 0.15) is 12.1 Å². The molecule has 0 saturated carbocycles. The standard InChI is InChI=1S/C38H61N5O5/c1-25(2)32(41(9)37(48)33(38(6,7)8)40-35(46)30-18-13-14-20-42(30)26(3)4)22-27(5)36(47)43-21-15-19-31(43)34(45)39-29(24-44)23-28-16-11-10-12-17-28/h10-12,16-17,22,25-26,29-33,44H,13-15,18-21,23-24H2,1-9H3,(H,39,45)(H,40,46)/b27-22+/t29?,30-,31+,32-,33-/m1/s1. The van der Waals surface area contributed by atoms with Crippen LogP contribution >= 0.6 is 0 Å². The van der Waals surface area contributed by atoms with Gasteiger partial charge in [-0.1, -0.05) is 77.4 Å². The Morgan fingerprint density at radius 2 is 1.56 bits per heavy atom. The molecule has 48 heavy (non-hydrogen) atoms. The molecule has 0 aromatic heterocycles. The Labute approximate surface area is 288 Å². The smallest absolute Gasteiger partial charge is 0.249 e. The lowest BCUT2D eigenvalue weighted by Crippen LogP contribution is -2.60. The minimum absolute atomic E-state index is 0.0197. The van der Waals surface area contributed by atoms with Crippen LogP contribution in [-0.4, -0.2) is 106 Å². The highest BCUT2D eigenvalue weighted by Crippen LogP contribution is 2.27. The van der Waals surface area contributed by atoms with E-state index < -0.39 is 29.6 Å². The molecule has 10 nitrogen and oxygen atoms in total. The summed E-state index contributed by atoms with van der Waals surface area (Å²) in [6, 6.07) is 7.39. The first-order valence-electron chi connectivity index (χ1n) is 17.8. The molecule has 2 heterocycles. The number of carbonyl (C=O) groups is 4. The second-order valence-corrected chi connectivity index (χ2v) is 15.4. The predicted octanol–water partition coefficient (Wildman–Crippen LogP) is 3.92. The molecule has 268 valence electrons. The van der Waals surface area contributed by atoms with Crippen LogP contribution in [0.4, 0.5) is 0 Å². The van der Waals surface area contributed by atoms with Crippen molar-refractivity contribution in [3.8, 4) is 0 Å². The van der Waals surface area contributed by atoms with Crippen molar-refractivity contribution in [1.82, 2.24) is 25.3 Å². The van der Waals surface area contributed by atoms with Crippen molar-refractivity contribution in [2.24, 2.45) is 11.3 Å². The topological polar surface area (TPSA) is 122 Å². The summed E-state index contributed by atoms with van der Waals surface area (Å²) in [7, 11) is 1.74. The number of carbonyl (C=O) groups excluding carboxylic acids is 4. The maximum absolute atomic E-state index is 14.2. The molecule has 3 rings (SSSR count). The zero-order chi connectivity index (χ0) is 35.8. The molecule has 5 atom stereocenters. The minimum Gasteiger partial charge on any atom is -0.394 e. The summed E-state index contributed by atoms with van der Waals surface area (Å²) in [5, 5.41) is 16.1. The molecule has 1 aromatic rings. The van der Waals surface area contributed by atoms with Crippen LogP contribution in [0.15, 0.2) is 42.0 Å². The first kappa shape index (κ1) is 39.2. The fraction of sp³-hybridized carbons (Fsp3) is 0.684. The van der Waals surface area contributed by atoms with Crippen LogP contribution in [0.1, 0.15) is 93.1 Å². The highest BCUT2D eigenvalue weighted by Gasteiger charge is 2.40. The first-order chi connectivity index (χ1) is 22.6. The number of amides is 4. The number of likely N-dealkylation sites (N-methyl/N-ethyl adjacent to an activating group) is 1. The second-order valence-electron chi connectivity index (χ2n) is 15.4. The Kier molecular flexibility index (Phi) is 14.2. The lowest BCUT2D eigenvalue weighted by molar-refractivity contribution is -0.142. The Balaban J connectivity index is 1.75. The van der Waals surface area contributed by atoms with Crippen LogP contribution in [0, 0.1) is 11.3 Å². The molecule has 0 spiro atoms. The molecule has 2 aliphatic heterocycles. The number of nitrogens with zero attached hydrogens (tertiary/aromatic N) is 3. The van der Waals surface area contributed by atoms with Crippen LogP contribution < -0.4 is 10.6 Å². The van der Waals surface area contributed by atoms with E-state index in [4.69, 9.17) is 0 Å². The van der Waals surface area contributed by atoms with Gasteiger partial charge >= 0.3 is 0 Å². The van der Waals surface area contributed by atoms with Gasteiger partial charge in [-0.2, -0.15) is 0 Å². The van der Waals surface area contributed by atoms with E-state index in [1.165, 1.54) is 0 Å². The number of benzene rings is 1. The predicted molar refractivity (Wildman–Crippen MR) is 190 cm³/mol. The largest absolute Gasteiger partial charge is 0.394 e. The second kappa shape index (κ2) is 17.4. The Morgan fingerprint density at radius 3 is 2.15 bits per heavy atom. The number of aliphatic hydroxyl groups is 1. The van der Waals surface area contributed by atoms with Gasteiger partial charge in [0.15, 0.2) is 0 Å². The van der Waals surface area contributed by atoms with E-state index in [1.54, 1.807) is 23.8 Å². The molecule has 0 radical (unpaired) electrons. The zero-order valence-corrected chi connectivity index (χ0v) is 30.8. The molecule has 10 heteroatoms. The SMILES string of the molecule is C/C(=C\[C@H](C(C)C)N(C)C(=O)[C@@H](NC(=O)[C@H]1CCCCN1C(C)C)C(C)(C)C)C(=O)N1CCC[C@H]1C(=O)NC(CO)Cc1ccccc1. The van der Waals surface area contributed by atoms with Crippen LogP contribution in [0.5, 0.6) is 0 Å². The summed E-state index contributed by atoms with van der Waals surface area (Å²) in [6.45, 7) is 16.9. The van der Waals surface area contributed by atoms with Crippen LogP contribution in [0.3, 0.4) is 0 Å². The highest BCUT2D eigenvalue weighted by atomic mass is 16.3. The zero-order valence-electron chi connectivity index (χ0n) is 30.8. The molecular formula is C38H61N5O5. The van der Waals surface area contributed by atoms with Gasteiger partial charge in [0, 0.05) is 25.2 Å². The average Bonchev–Trinajstić information content (AvgIpc) is 3.54. The first-order valence-corrected chi connectivity index (χ1v) is 17.8. The van der Waals surface area contributed by atoms with E-state index in [-0.39, 0.29) is 48.2 Å². The van der Waals surface area contributed by atoms with Gasteiger partial charge < -0.3 is 25.5 Å². The average molecular weight is 668 g/mol.